The van der Waals surface area contributed by atoms with Crippen LogP contribution in [0.15, 0.2) is 11.4 Å². The summed E-state index contributed by atoms with van der Waals surface area (Å²) in [7, 11) is 0. The van der Waals surface area contributed by atoms with E-state index < -0.39 is 5.91 Å². The lowest BCUT2D eigenvalue weighted by atomic mass is 10.2. The maximum Gasteiger partial charge on any atom is 0.251 e. The molecule has 0 unspecified atom stereocenters. The van der Waals surface area contributed by atoms with Crippen LogP contribution in [0.4, 0.5) is 5.00 Å². The van der Waals surface area contributed by atoms with Crippen molar-refractivity contribution >= 4 is 28.2 Å². The van der Waals surface area contributed by atoms with Gasteiger partial charge in [-0.15, -0.1) is 11.3 Å². The fourth-order valence-electron chi connectivity index (χ4n) is 0.856. The molecule has 1 heterocycles. The third-order valence-electron chi connectivity index (χ3n) is 1.69. The smallest absolute Gasteiger partial charge is 0.251 e. The molecule has 0 saturated heterocycles. The fraction of sp³-hybridized carbons (Fsp3) is 0.333. The zero-order chi connectivity index (χ0) is 10.7. The Balaban J connectivity index is 2.82. The molecular weight excluding hydrogens is 200 g/mol. The fourth-order valence-corrected chi connectivity index (χ4v) is 1.65. The summed E-state index contributed by atoms with van der Waals surface area (Å²) >= 11 is 1.29. The van der Waals surface area contributed by atoms with Gasteiger partial charge in [-0.2, -0.15) is 0 Å². The van der Waals surface area contributed by atoms with Gasteiger partial charge in [0, 0.05) is 5.92 Å². The molecule has 0 aliphatic heterocycles. The van der Waals surface area contributed by atoms with Crippen molar-refractivity contribution in [3.8, 4) is 0 Å². The second kappa shape index (κ2) is 4.23. The van der Waals surface area contributed by atoms with Crippen LogP contribution in [-0.4, -0.2) is 11.8 Å². The number of nitrogens with one attached hydrogen (secondary N) is 1. The number of primary amides is 1. The first-order valence-electron chi connectivity index (χ1n) is 4.20. The Labute approximate surface area is 86.1 Å². The molecule has 76 valence electrons. The summed E-state index contributed by atoms with van der Waals surface area (Å²) in [4.78, 5) is 22.2. The molecule has 0 radical (unpaired) electrons. The van der Waals surface area contributed by atoms with Crippen molar-refractivity contribution in [3.63, 3.8) is 0 Å². The van der Waals surface area contributed by atoms with E-state index in [1.807, 2.05) is 0 Å². The van der Waals surface area contributed by atoms with Crippen molar-refractivity contribution in [3.05, 3.63) is 17.0 Å². The molecule has 1 rings (SSSR count). The maximum atomic E-state index is 11.3. The second-order valence-electron chi connectivity index (χ2n) is 3.17. The second-order valence-corrected chi connectivity index (χ2v) is 4.09. The zero-order valence-corrected chi connectivity index (χ0v) is 8.85. The van der Waals surface area contributed by atoms with Gasteiger partial charge in [-0.3, -0.25) is 9.59 Å². The summed E-state index contributed by atoms with van der Waals surface area (Å²) in [5, 5.41) is 4.89. The summed E-state index contributed by atoms with van der Waals surface area (Å²) < 4.78 is 0. The van der Waals surface area contributed by atoms with Gasteiger partial charge in [-0.25, -0.2) is 0 Å². The molecule has 0 aliphatic carbocycles. The van der Waals surface area contributed by atoms with E-state index in [2.05, 4.69) is 5.32 Å². The highest BCUT2D eigenvalue weighted by Gasteiger charge is 2.13. The molecule has 5 heteroatoms. The Morgan fingerprint density at radius 2 is 2.14 bits per heavy atom. The van der Waals surface area contributed by atoms with E-state index in [9.17, 15) is 9.59 Å². The number of hydrogen-bond donors (Lipinski definition) is 2. The maximum absolute atomic E-state index is 11.3. The number of anilines is 1. The number of carbonyl (C=O) groups is 2. The number of thiophene rings is 1. The summed E-state index contributed by atoms with van der Waals surface area (Å²) in [5.41, 5.74) is 5.49. The van der Waals surface area contributed by atoms with Gasteiger partial charge in [0.1, 0.15) is 5.00 Å². The largest absolute Gasteiger partial charge is 0.366 e. The van der Waals surface area contributed by atoms with Gasteiger partial charge in [0.25, 0.3) is 5.91 Å². The van der Waals surface area contributed by atoms with Crippen molar-refractivity contribution in [2.75, 3.05) is 5.32 Å². The van der Waals surface area contributed by atoms with Gasteiger partial charge in [0.15, 0.2) is 0 Å². The van der Waals surface area contributed by atoms with Gasteiger partial charge in [0.2, 0.25) is 5.91 Å². The Kier molecular flexibility index (Phi) is 3.24. The van der Waals surface area contributed by atoms with Crippen molar-refractivity contribution in [2.45, 2.75) is 13.8 Å². The predicted octanol–water partition coefficient (Wildman–Crippen LogP) is 1.44. The summed E-state index contributed by atoms with van der Waals surface area (Å²) in [6.07, 6.45) is 0. The lowest BCUT2D eigenvalue weighted by Crippen LogP contribution is -2.20. The predicted molar refractivity (Wildman–Crippen MR) is 56.3 cm³/mol. The first-order valence-corrected chi connectivity index (χ1v) is 5.08. The van der Waals surface area contributed by atoms with Gasteiger partial charge in [-0.05, 0) is 11.4 Å². The molecule has 0 spiro atoms. The average molecular weight is 212 g/mol. The molecule has 2 amide bonds. The minimum Gasteiger partial charge on any atom is -0.366 e. The monoisotopic (exact) mass is 212 g/mol. The molecule has 1 aromatic heterocycles. The van der Waals surface area contributed by atoms with Crippen LogP contribution < -0.4 is 11.1 Å². The number of hydrogen-bond acceptors (Lipinski definition) is 3. The Morgan fingerprint density at radius 3 is 2.64 bits per heavy atom. The van der Waals surface area contributed by atoms with Crippen molar-refractivity contribution < 1.29 is 9.59 Å². The SMILES string of the molecule is CC(C)C(=O)Nc1sccc1C(N)=O. The van der Waals surface area contributed by atoms with E-state index in [1.54, 1.807) is 25.3 Å². The number of carbonyl (C=O) groups excluding carboxylic acids is 2. The van der Waals surface area contributed by atoms with E-state index in [-0.39, 0.29) is 11.8 Å². The highest BCUT2D eigenvalue weighted by molar-refractivity contribution is 7.14. The van der Waals surface area contributed by atoms with Crippen molar-refractivity contribution in [1.82, 2.24) is 0 Å². The number of amides is 2. The number of rotatable bonds is 3. The Morgan fingerprint density at radius 1 is 1.50 bits per heavy atom. The van der Waals surface area contributed by atoms with Crippen LogP contribution in [-0.2, 0) is 4.79 Å². The normalized spacial score (nSPS) is 10.2. The molecule has 0 fully saturated rings. The molecule has 0 aromatic carbocycles. The van der Waals surface area contributed by atoms with Gasteiger partial charge in [0.05, 0.1) is 5.56 Å². The van der Waals surface area contributed by atoms with E-state index in [0.29, 0.717) is 10.6 Å². The van der Waals surface area contributed by atoms with Crippen LogP contribution in [0.1, 0.15) is 24.2 Å². The van der Waals surface area contributed by atoms with Crippen LogP contribution in [0.25, 0.3) is 0 Å². The minimum atomic E-state index is -0.523. The van der Waals surface area contributed by atoms with E-state index in [0.717, 1.165) is 0 Å². The van der Waals surface area contributed by atoms with Crippen molar-refractivity contribution in [2.24, 2.45) is 11.7 Å². The van der Waals surface area contributed by atoms with Gasteiger partial charge < -0.3 is 11.1 Å². The Hall–Kier alpha value is -1.36. The zero-order valence-electron chi connectivity index (χ0n) is 8.03. The summed E-state index contributed by atoms with van der Waals surface area (Å²) in [5.74, 6) is -0.752. The first kappa shape index (κ1) is 10.7. The molecule has 0 saturated carbocycles. The summed E-state index contributed by atoms with van der Waals surface area (Å²) in [6.45, 7) is 3.57. The van der Waals surface area contributed by atoms with Crippen molar-refractivity contribution in [1.29, 1.82) is 0 Å². The Bertz CT molecular complexity index is 357. The molecular formula is C9H12N2O2S. The first-order chi connectivity index (χ1) is 6.52. The molecule has 4 nitrogen and oxygen atoms in total. The number of nitrogens with two attached hydrogens (primary N) is 1. The molecule has 0 atom stereocenters. The molecule has 0 aliphatic rings. The van der Waals surface area contributed by atoms with Crippen LogP contribution in [0.3, 0.4) is 0 Å². The standard InChI is InChI=1S/C9H12N2O2S/c1-5(2)8(13)11-9-6(7(10)12)3-4-14-9/h3-5H,1-2H3,(H2,10,12)(H,11,13). The van der Waals surface area contributed by atoms with Gasteiger partial charge in [-0.1, -0.05) is 13.8 Å². The molecule has 14 heavy (non-hydrogen) atoms. The van der Waals surface area contributed by atoms with Crippen LogP contribution in [0.2, 0.25) is 0 Å². The van der Waals surface area contributed by atoms with Crippen LogP contribution in [0, 0.1) is 5.92 Å². The van der Waals surface area contributed by atoms with Gasteiger partial charge >= 0.3 is 0 Å². The van der Waals surface area contributed by atoms with E-state index >= 15 is 0 Å². The third-order valence-corrected chi connectivity index (χ3v) is 2.52. The van der Waals surface area contributed by atoms with Crippen LogP contribution in [0.5, 0.6) is 0 Å². The summed E-state index contributed by atoms with van der Waals surface area (Å²) in [6, 6.07) is 1.60. The highest BCUT2D eigenvalue weighted by atomic mass is 32.1. The average Bonchev–Trinajstić information content (AvgIpc) is 2.52. The quantitative estimate of drug-likeness (QED) is 0.795. The minimum absolute atomic E-state index is 0.113. The molecule has 3 N–H and O–H groups in total. The highest BCUT2D eigenvalue weighted by Crippen LogP contribution is 2.23. The molecule has 1 aromatic rings. The topological polar surface area (TPSA) is 72.2 Å². The van der Waals surface area contributed by atoms with Crippen LogP contribution >= 0.6 is 11.3 Å². The molecule has 0 bridgehead atoms. The van der Waals surface area contributed by atoms with E-state index in [4.69, 9.17) is 5.73 Å². The third kappa shape index (κ3) is 2.32. The lowest BCUT2D eigenvalue weighted by Gasteiger charge is -2.06. The van der Waals surface area contributed by atoms with E-state index in [1.165, 1.54) is 11.3 Å². The lowest BCUT2D eigenvalue weighted by molar-refractivity contribution is -0.118.